The molecule has 0 spiro atoms. The van der Waals surface area contributed by atoms with Crippen LogP contribution in [-0.2, 0) is 14.3 Å². The van der Waals surface area contributed by atoms with Crippen LogP contribution >= 0.6 is 0 Å². The van der Waals surface area contributed by atoms with E-state index in [2.05, 4.69) is 12.2 Å². The summed E-state index contributed by atoms with van der Waals surface area (Å²) in [6, 6.07) is -0.525. The monoisotopic (exact) mass is 280 g/mol. The Morgan fingerprint density at radius 2 is 2.10 bits per heavy atom. The van der Waals surface area contributed by atoms with E-state index in [1.807, 2.05) is 11.8 Å². The largest absolute Gasteiger partial charge is 0.379 e. The first-order valence-corrected chi connectivity index (χ1v) is 7.83. The minimum Gasteiger partial charge on any atom is -0.379 e. The van der Waals surface area contributed by atoms with Gasteiger partial charge in [0.1, 0.15) is 12.1 Å². The van der Waals surface area contributed by atoms with E-state index in [4.69, 9.17) is 4.74 Å². The molecule has 1 aliphatic carbocycles. The van der Waals surface area contributed by atoms with Gasteiger partial charge in [-0.1, -0.05) is 20.3 Å². The summed E-state index contributed by atoms with van der Waals surface area (Å²) in [7, 11) is 0. The first kappa shape index (κ1) is 13.9. The number of nitrogens with zero attached hydrogens (tertiary/aromatic N) is 1. The second kappa shape index (κ2) is 5.35. The van der Waals surface area contributed by atoms with Crippen LogP contribution in [0.2, 0.25) is 0 Å². The van der Waals surface area contributed by atoms with Gasteiger partial charge in [0, 0.05) is 6.61 Å². The standard InChI is InChI=1S/C15H24N2O3/c1-3-9(2)12-15(19)17(11-6-7-20-8-11)13(10-4-5-10)14(18)16-12/h9-13H,3-8H2,1-2H3,(H,16,18). The summed E-state index contributed by atoms with van der Waals surface area (Å²) < 4.78 is 5.44. The predicted octanol–water partition coefficient (Wildman–Crippen LogP) is 0.927. The SMILES string of the molecule is CCC(C)C1NC(=O)C(C2CC2)N(C2CCOC2)C1=O. The molecule has 20 heavy (non-hydrogen) atoms. The lowest BCUT2D eigenvalue weighted by Gasteiger charge is -2.43. The Labute approximate surface area is 120 Å². The zero-order valence-electron chi connectivity index (χ0n) is 12.3. The molecule has 1 N–H and O–H groups in total. The Morgan fingerprint density at radius 1 is 1.35 bits per heavy atom. The maximum Gasteiger partial charge on any atom is 0.246 e. The summed E-state index contributed by atoms with van der Waals surface area (Å²) in [5, 5.41) is 2.97. The minimum absolute atomic E-state index is 0.0456. The Hall–Kier alpha value is -1.10. The van der Waals surface area contributed by atoms with Gasteiger partial charge < -0.3 is 15.0 Å². The average molecular weight is 280 g/mol. The molecule has 1 saturated carbocycles. The Kier molecular flexibility index (Phi) is 3.71. The van der Waals surface area contributed by atoms with Crippen molar-refractivity contribution in [3.8, 4) is 0 Å². The second-order valence-electron chi connectivity index (χ2n) is 6.42. The fourth-order valence-corrected chi connectivity index (χ4v) is 3.35. The lowest BCUT2D eigenvalue weighted by molar-refractivity contribution is -0.154. The molecule has 0 aromatic carbocycles. The molecule has 3 aliphatic rings. The lowest BCUT2D eigenvalue weighted by atomic mass is 9.91. The van der Waals surface area contributed by atoms with Crippen molar-refractivity contribution < 1.29 is 14.3 Å². The molecule has 3 fully saturated rings. The van der Waals surface area contributed by atoms with E-state index in [1.54, 1.807) is 0 Å². The summed E-state index contributed by atoms with van der Waals surface area (Å²) in [5.74, 6) is 0.685. The number of ether oxygens (including phenoxy) is 1. The van der Waals surface area contributed by atoms with Gasteiger partial charge in [-0.05, 0) is 31.1 Å². The van der Waals surface area contributed by atoms with Gasteiger partial charge in [-0.3, -0.25) is 9.59 Å². The van der Waals surface area contributed by atoms with E-state index < -0.39 is 0 Å². The Balaban J connectivity index is 1.86. The van der Waals surface area contributed by atoms with E-state index in [9.17, 15) is 9.59 Å². The van der Waals surface area contributed by atoms with E-state index in [1.165, 1.54) is 0 Å². The van der Waals surface area contributed by atoms with Crippen LogP contribution in [0.4, 0.5) is 0 Å². The molecule has 4 unspecified atom stereocenters. The van der Waals surface area contributed by atoms with E-state index in [0.717, 1.165) is 25.7 Å². The zero-order chi connectivity index (χ0) is 14.3. The van der Waals surface area contributed by atoms with Crippen LogP contribution in [0.25, 0.3) is 0 Å². The van der Waals surface area contributed by atoms with Crippen LogP contribution in [-0.4, -0.2) is 48.1 Å². The number of carbonyl (C=O) groups is 2. The second-order valence-corrected chi connectivity index (χ2v) is 6.42. The first-order valence-electron chi connectivity index (χ1n) is 7.83. The molecule has 0 aromatic heterocycles. The van der Waals surface area contributed by atoms with Crippen LogP contribution in [0.15, 0.2) is 0 Å². The summed E-state index contributed by atoms with van der Waals surface area (Å²) in [6.45, 7) is 5.36. The molecule has 4 atom stereocenters. The molecule has 2 amide bonds. The van der Waals surface area contributed by atoms with Crippen molar-refractivity contribution in [3.05, 3.63) is 0 Å². The maximum absolute atomic E-state index is 12.9. The van der Waals surface area contributed by atoms with Crippen LogP contribution in [0.5, 0.6) is 0 Å². The normalized spacial score (nSPS) is 36.1. The van der Waals surface area contributed by atoms with E-state index in [0.29, 0.717) is 19.1 Å². The first-order chi connectivity index (χ1) is 9.63. The van der Waals surface area contributed by atoms with E-state index in [-0.39, 0.29) is 35.9 Å². The molecule has 2 saturated heterocycles. The third-order valence-electron chi connectivity index (χ3n) is 4.97. The van der Waals surface area contributed by atoms with Crippen molar-refractivity contribution >= 4 is 11.8 Å². The highest BCUT2D eigenvalue weighted by molar-refractivity contribution is 5.97. The maximum atomic E-state index is 12.9. The van der Waals surface area contributed by atoms with Crippen LogP contribution < -0.4 is 5.32 Å². The molecule has 5 nitrogen and oxygen atoms in total. The summed E-state index contributed by atoms with van der Waals surface area (Å²) >= 11 is 0. The Bertz CT molecular complexity index is 402. The van der Waals surface area contributed by atoms with Gasteiger partial charge in [0.15, 0.2) is 0 Å². The van der Waals surface area contributed by atoms with Crippen LogP contribution in [0.3, 0.4) is 0 Å². The summed E-state index contributed by atoms with van der Waals surface area (Å²) in [6.07, 6.45) is 3.86. The fraction of sp³-hybridized carbons (Fsp3) is 0.867. The minimum atomic E-state index is -0.358. The highest BCUT2D eigenvalue weighted by Crippen LogP contribution is 2.39. The molecule has 2 aliphatic heterocycles. The van der Waals surface area contributed by atoms with Crippen molar-refractivity contribution in [1.29, 1.82) is 0 Å². The molecule has 0 aromatic rings. The quantitative estimate of drug-likeness (QED) is 0.833. The Morgan fingerprint density at radius 3 is 2.65 bits per heavy atom. The summed E-state index contributed by atoms with van der Waals surface area (Å²) in [4.78, 5) is 27.2. The van der Waals surface area contributed by atoms with Crippen molar-refractivity contribution in [2.24, 2.45) is 11.8 Å². The molecular formula is C15H24N2O3. The zero-order valence-corrected chi connectivity index (χ0v) is 12.3. The van der Waals surface area contributed by atoms with Crippen LogP contribution in [0, 0.1) is 11.8 Å². The smallest absolute Gasteiger partial charge is 0.246 e. The van der Waals surface area contributed by atoms with Gasteiger partial charge in [-0.2, -0.15) is 0 Å². The molecular weight excluding hydrogens is 256 g/mol. The number of piperazine rings is 1. The van der Waals surface area contributed by atoms with Crippen LogP contribution in [0.1, 0.15) is 39.5 Å². The van der Waals surface area contributed by atoms with Crippen molar-refractivity contribution in [3.63, 3.8) is 0 Å². The fourth-order valence-electron chi connectivity index (χ4n) is 3.35. The number of rotatable bonds is 4. The average Bonchev–Trinajstić information content (AvgIpc) is 3.14. The number of hydrogen-bond donors (Lipinski definition) is 1. The van der Waals surface area contributed by atoms with Crippen molar-refractivity contribution in [2.75, 3.05) is 13.2 Å². The molecule has 5 heteroatoms. The number of amides is 2. The molecule has 0 radical (unpaired) electrons. The predicted molar refractivity (Wildman–Crippen MR) is 74.0 cm³/mol. The highest BCUT2D eigenvalue weighted by atomic mass is 16.5. The van der Waals surface area contributed by atoms with Gasteiger partial charge in [-0.25, -0.2) is 0 Å². The third kappa shape index (κ3) is 2.32. The molecule has 3 rings (SSSR count). The molecule has 0 bridgehead atoms. The van der Waals surface area contributed by atoms with Crippen molar-refractivity contribution in [1.82, 2.24) is 10.2 Å². The van der Waals surface area contributed by atoms with Crippen molar-refractivity contribution in [2.45, 2.75) is 57.7 Å². The number of carbonyl (C=O) groups excluding carboxylic acids is 2. The lowest BCUT2D eigenvalue weighted by Crippen LogP contribution is -2.67. The van der Waals surface area contributed by atoms with E-state index >= 15 is 0 Å². The van der Waals surface area contributed by atoms with Gasteiger partial charge in [-0.15, -0.1) is 0 Å². The van der Waals surface area contributed by atoms with Gasteiger partial charge in [0.2, 0.25) is 11.8 Å². The topological polar surface area (TPSA) is 58.6 Å². The third-order valence-corrected chi connectivity index (χ3v) is 4.97. The molecule has 112 valence electrons. The highest BCUT2D eigenvalue weighted by Gasteiger charge is 2.51. The van der Waals surface area contributed by atoms with Gasteiger partial charge in [0.05, 0.1) is 12.6 Å². The molecule has 2 heterocycles. The number of hydrogen-bond acceptors (Lipinski definition) is 3. The summed E-state index contributed by atoms with van der Waals surface area (Å²) in [5.41, 5.74) is 0. The van der Waals surface area contributed by atoms with Gasteiger partial charge in [0.25, 0.3) is 0 Å². The number of nitrogens with one attached hydrogen (secondary N) is 1. The van der Waals surface area contributed by atoms with Gasteiger partial charge >= 0.3 is 0 Å².